The Morgan fingerprint density at radius 2 is 1.80 bits per heavy atom. The molecule has 2 aromatic carbocycles. The Morgan fingerprint density at radius 3 is 2.50 bits per heavy atom. The van der Waals surface area contributed by atoms with Gasteiger partial charge in [0.2, 0.25) is 0 Å². The number of aromatic nitrogens is 1. The normalized spacial score (nSPS) is 10.4. The highest BCUT2D eigenvalue weighted by Crippen LogP contribution is 2.28. The number of benzene rings is 2. The monoisotopic (exact) mass is 445 g/mol. The van der Waals surface area contributed by atoms with Gasteiger partial charge in [0.05, 0.1) is 36.6 Å². The first-order valence-corrected chi connectivity index (χ1v) is 10.1. The number of rotatable bonds is 6. The molecule has 8 nitrogen and oxygen atoms in total. The van der Waals surface area contributed by atoms with Crippen molar-refractivity contribution in [3.05, 3.63) is 47.5 Å². The number of anilines is 1. The Balaban J connectivity index is 1.69. The van der Waals surface area contributed by atoms with Gasteiger partial charge in [-0.15, -0.1) is 0 Å². The lowest BCUT2D eigenvalue weighted by molar-refractivity contribution is 0.0526. The highest BCUT2D eigenvalue weighted by Gasteiger charge is 2.14. The molecule has 30 heavy (non-hydrogen) atoms. The zero-order valence-electron chi connectivity index (χ0n) is 16.5. The summed E-state index contributed by atoms with van der Waals surface area (Å²) in [5.74, 6) is 0.165. The number of thiocarbonyl (C=S) groups is 1. The lowest BCUT2D eigenvalue weighted by atomic mass is 10.2. The molecule has 0 atom stereocenters. The van der Waals surface area contributed by atoms with Crippen molar-refractivity contribution < 1.29 is 23.8 Å². The Hall–Kier alpha value is -3.24. The molecule has 1 heterocycles. The van der Waals surface area contributed by atoms with Crippen molar-refractivity contribution in [3.8, 4) is 11.5 Å². The maximum Gasteiger partial charge on any atom is 0.338 e. The largest absolute Gasteiger partial charge is 0.493 e. The number of nitrogens with zero attached hydrogens (tertiary/aromatic N) is 1. The van der Waals surface area contributed by atoms with Crippen molar-refractivity contribution in [2.45, 2.75) is 6.92 Å². The van der Waals surface area contributed by atoms with E-state index in [1.165, 1.54) is 25.6 Å². The third kappa shape index (κ3) is 4.84. The fourth-order valence-electron chi connectivity index (χ4n) is 2.60. The van der Waals surface area contributed by atoms with Crippen LogP contribution in [0.25, 0.3) is 10.2 Å². The van der Waals surface area contributed by atoms with E-state index >= 15 is 0 Å². The number of thiazole rings is 1. The Kier molecular flexibility index (Phi) is 6.80. The number of hydrogen-bond donors (Lipinski definition) is 2. The average molecular weight is 446 g/mol. The molecule has 0 aliphatic rings. The molecule has 0 spiro atoms. The van der Waals surface area contributed by atoms with Crippen molar-refractivity contribution in [1.29, 1.82) is 0 Å². The van der Waals surface area contributed by atoms with Gasteiger partial charge in [-0.2, -0.15) is 0 Å². The molecular formula is C20H19N3O5S2. The molecule has 3 aromatic rings. The van der Waals surface area contributed by atoms with Crippen molar-refractivity contribution in [3.63, 3.8) is 0 Å². The van der Waals surface area contributed by atoms with Gasteiger partial charge in [-0.3, -0.25) is 10.1 Å². The van der Waals surface area contributed by atoms with Crippen LogP contribution in [0.4, 0.5) is 5.13 Å². The minimum Gasteiger partial charge on any atom is -0.493 e. The number of fused-ring (bicyclic) bond motifs is 1. The van der Waals surface area contributed by atoms with Crippen LogP contribution in [0.3, 0.4) is 0 Å². The van der Waals surface area contributed by atoms with Crippen molar-refractivity contribution in [1.82, 2.24) is 10.3 Å². The molecule has 0 aliphatic carbocycles. The first-order valence-electron chi connectivity index (χ1n) is 8.87. The minimum absolute atomic E-state index is 0.0967. The Labute approximate surface area is 182 Å². The predicted octanol–water partition coefficient (Wildman–Crippen LogP) is 3.62. The molecule has 0 fully saturated rings. The second-order valence-corrected chi connectivity index (χ2v) is 7.34. The van der Waals surface area contributed by atoms with E-state index in [1.54, 1.807) is 43.3 Å². The molecular weight excluding hydrogens is 426 g/mol. The number of esters is 1. The van der Waals surface area contributed by atoms with E-state index in [2.05, 4.69) is 15.6 Å². The summed E-state index contributed by atoms with van der Waals surface area (Å²) in [6, 6.07) is 9.90. The number of carbonyl (C=O) groups excluding carboxylic acids is 2. The molecule has 2 N–H and O–H groups in total. The predicted molar refractivity (Wildman–Crippen MR) is 119 cm³/mol. The summed E-state index contributed by atoms with van der Waals surface area (Å²) in [5.41, 5.74) is 1.51. The van der Waals surface area contributed by atoms with Crippen LogP contribution in [0.15, 0.2) is 36.4 Å². The minimum atomic E-state index is -0.404. The van der Waals surface area contributed by atoms with E-state index in [1.807, 2.05) is 0 Å². The summed E-state index contributed by atoms with van der Waals surface area (Å²) < 4.78 is 16.2. The summed E-state index contributed by atoms with van der Waals surface area (Å²) in [6.45, 7) is 2.06. The van der Waals surface area contributed by atoms with Crippen LogP contribution in [0, 0.1) is 0 Å². The zero-order valence-corrected chi connectivity index (χ0v) is 18.1. The van der Waals surface area contributed by atoms with Crippen LogP contribution < -0.4 is 20.1 Å². The number of hydrogen-bond acceptors (Lipinski definition) is 8. The van der Waals surface area contributed by atoms with Gasteiger partial charge in [-0.1, -0.05) is 11.3 Å². The molecule has 0 aliphatic heterocycles. The summed E-state index contributed by atoms with van der Waals surface area (Å²) in [5, 5.41) is 6.08. The van der Waals surface area contributed by atoms with Gasteiger partial charge in [0.1, 0.15) is 0 Å². The number of amides is 1. The number of carbonyl (C=O) groups is 2. The smallest absolute Gasteiger partial charge is 0.338 e. The molecule has 0 saturated heterocycles. The van der Waals surface area contributed by atoms with Gasteiger partial charge in [0, 0.05) is 5.56 Å². The molecule has 0 bridgehead atoms. The van der Waals surface area contributed by atoms with Crippen LogP contribution in [0.1, 0.15) is 27.6 Å². The zero-order chi connectivity index (χ0) is 21.7. The summed E-state index contributed by atoms with van der Waals surface area (Å²) in [7, 11) is 3.01. The second kappa shape index (κ2) is 9.51. The fraction of sp³-hybridized carbons (Fsp3) is 0.200. The molecule has 3 rings (SSSR count). The van der Waals surface area contributed by atoms with Gasteiger partial charge >= 0.3 is 5.97 Å². The number of ether oxygens (including phenoxy) is 3. The van der Waals surface area contributed by atoms with E-state index in [4.69, 9.17) is 26.4 Å². The average Bonchev–Trinajstić information content (AvgIpc) is 3.14. The lowest BCUT2D eigenvalue weighted by Gasteiger charge is -2.10. The number of methoxy groups -OCH3 is 2. The Bertz CT molecular complexity index is 1110. The number of nitrogens with one attached hydrogen (secondary N) is 2. The van der Waals surface area contributed by atoms with Gasteiger partial charge < -0.3 is 19.5 Å². The van der Waals surface area contributed by atoms with Crippen LogP contribution >= 0.6 is 23.6 Å². The van der Waals surface area contributed by atoms with E-state index in [9.17, 15) is 9.59 Å². The lowest BCUT2D eigenvalue weighted by Crippen LogP contribution is -2.34. The van der Waals surface area contributed by atoms with E-state index < -0.39 is 5.91 Å². The molecule has 0 radical (unpaired) electrons. The maximum atomic E-state index is 12.5. The summed E-state index contributed by atoms with van der Waals surface area (Å²) in [4.78, 5) is 28.7. The quantitative estimate of drug-likeness (QED) is 0.439. The molecule has 0 unspecified atom stereocenters. The molecule has 0 saturated carbocycles. The first-order chi connectivity index (χ1) is 14.4. The summed E-state index contributed by atoms with van der Waals surface area (Å²) >= 11 is 6.53. The van der Waals surface area contributed by atoms with Gasteiger partial charge in [0.15, 0.2) is 21.7 Å². The van der Waals surface area contributed by atoms with Crippen LogP contribution in [0.2, 0.25) is 0 Å². The standard InChI is InChI=1S/C20H19N3O5S2/c1-4-28-18(25)12-5-7-13-16(10-12)30-20(21-13)23-19(29)22-17(24)11-6-8-14(26-2)15(9-11)27-3/h5-10H,4H2,1-3H3,(H2,21,22,23,24,29). The first kappa shape index (κ1) is 21.5. The van der Waals surface area contributed by atoms with Crippen molar-refractivity contribution in [2.24, 2.45) is 0 Å². The maximum absolute atomic E-state index is 12.5. The Morgan fingerprint density at radius 1 is 1.07 bits per heavy atom. The van der Waals surface area contributed by atoms with E-state index in [-0.39, 0.29) is 11.1 Å². The third-order valence-electron chi connectivity index (χ3n) is 3.99. The van der Waals surface area contributed by atoms with Crippen LogP contribution in [-0.2, 0) is 4.74 Å². The van der Waals surface area contributed by atoms with E-state index in [0.29, 0.717) is 39.9 Å². The highest BCUT2D eigenvalue weighted by atomic mass is 32.1. The second-order valence-electron chi connectivity index (χ2n) is 5.90. The van der Waals surface area contributed by atoms with Crippen LogP contribution in [-0.4, -0.2) is 42.8 Å². The van der Waals surface area contributed by atoms with Crippen LogP contribution in [0.5, 0.6) is 11.5 Å². The highest BCUT2D eigenvalue weighted by molar-refractivity contribution is 7.80. The topological polar surface area (TPSA) is 98.8 Å². The van der Waals surface area contributed by atoms with Crippen molar-refractivity contribution >= 4 is 55.9 Å². The van der Waals surface area contributed by atoms with E-state index in [0.717, 1.165) is 4.70 Å². The van der Waals surface area contributed by atoms with Crippen molar-refractivity contribution in [2.75, 3.05) is 26.1 Å². The van der Waals surface area contributed by atoms with Gasteiger partial charge in [-0.05, 0) is 55.5 Å². The third-order valence-corrected chi connectivity index (χ3v) is 5.13. The summed E-state index contributed by atoms with van der Waals surface area (Å²) in [6.07, 6.45) is 0. The molecule has 1 amide bonds. The van der Waals surface area contributed by atoms with Gasteiger partial charge in [0.25, 0.3) is 5.91 Å². The molecule has 10 heteroatoms. The SMILES string of the molecule is CCOC(=O)c1ccc2nc(NC(=S)NC(=O)c3ccc(OC)c(OC)c3)sc2c1. The fourth-order valence-corrected chi connectivity index (χ4v) is 3.76. The molecule has 156 valence electrons. The van der Waals surface area contributed by atoms with Gasteiger partial charge in [-0.25, -0.2) is 9.78 Å². The molecule has 1 aromatic heterocycles.